The summed E-state index contributed by atoms with van der Waals surface area (Å²) in [6, 6.07) is 9.57. The zero-order valence-electron chi connectivity index (χ0n) is 10.8. The van der Waals surface area contributed by atoms with E-state index in [1.54, 1.807) is 6.92 Å². The molecule has 4 nitrogen and oxygen atoms in total. The third-order valence-electron chi connectivity index (χ3n) is 2.72. The minimum atomic E-state index is -3.29. The van der Waals surface area contributed by atoms with Gasteiger partial charge in [-0.15, -0.1) is 0 Å². The van der Waals surface area contributed by atoms with Crippen LogP contribution in [0.2, 0.25) is 0 Å². The molecule has 0 radical (unpaired) electrons. The Morgan fingerprint density at radius 2 is 1.83 bits per heavy atom. The lowest BCUT2D eigenvalue weighted by Gasteiger charge is -2.13. The Morgan fingerprint density at radius 3 is 2.39 bits per heavy atom. The molecule has 5 heteroatoms. The van der Waals surface area contributed by atoms with Gasteiger partial charge in [0.1, 0.15) is 0 Å². The fourth-order valence-electron chi connectivity index (χ4n) is 1.69. The summed E-state index contributed by atoms with van der Waals surface area (Å²) in [5, 5.41) is 9.07. The Kier molecular flexibility index (Phi) is 5.78. The van der Waals surface area contributed by atoms with Crippen LogP contribution < -0.4 is 4.72 Å². The lowest BCUT2D eigenvalue weighted by atomic mass is 10.0. The van der Waals surface area contributed by atoms with Gasteiger partial charge in [-0.2, -0.15) is 0 Å². The second-order valence-corrected chi connectivity index (χ2v) is 6.48. The molecule has 0 aliphatic carbocycles. The molecule has 0 heterocycles. The van der Waals surface area contributed by atoms with Crippen molar-refractivity contribution in [3.8, 4) is 0 Å². The van der Waals surface area contributed by atoms with Crippen LogP contribution in [0.15, 0.2) is 30.3 Å². The maximum Gasteiger partial charge on any atom is 0.212 e. The highest BCUT2D eigenvalue weighted by Gasteiger charge is 2.16. The molecule has 0 saturated heterocycles. The summed E-state index contributed by atoms with van der Waals surface area (Å²) in [6.45, 7) is 3.81. The van der Waals surface area contributed by atoms with Gasteiger partial charge in [0.25, 0.3) is 0 Å². The van der Waals surface area contributed by atoms with E-state index < -0.39 is 16.1 Å². The number of rotatable bonds is 7. The zero-order valence-corrected chi connectivity index (χ0v) is 11.7. The predicted molar refractivity (Wildman–Crippen MR) is 72.9 cm³/mol. The first-order chi connectivity index (χ1) is 8.41. The van der Waals surface area contributed by atoms with Gasteiger partial charge in [0, 0.05) is 6.54 Å². The van der Waals surface area contributed by atoms with Crippen molar-refractivity contribution in [2.45, 2.75) is 32.3 Å². The van der Waals surface area contributed by atoms with Gasteiger partial charge in [0.15, 0.2) is 0 Å². The van der Waals surface area contributed by atoms with Crippen LogP contribution in [0.1, 0.15) is 31.7 Å². The lowest BCUT2D eigenvalue weighted by molar-refractivity contribution is 0.186. The predicted octanol–water partition coefficient (Wildman–Crippen LogP) is 1.48. The Morgan fingerprint density at radius 1 is 1.22 bits per heavy atom. The number of sulfonamides is 1. The molecule has 0 amide bonds. The van der Waals surface area contributed by atoms with Crippen molar-refractivity contribution in [3.63, 3.8) is 0 Å². The van der Waals surface area contributed by atoms with Crippen LogP contribution >= 0.6 is 0 Å². The third kappa shape index (κ3) is 5.62. The molecule has 1 rings (SSSR count). The molecule has 1 aromatic carbocycles. The van der Waals surface area contributed by atoms with Crippen molar-refractivity contribution in [2.24, 2.45) is 0 Å². The molecule has 2 unspecified atom stereocenters. The van der Waals surface area contributed by atoms with Gasteiger partial charge in [-0.25, -0.2) is 13.1 Å². The SMILES string of the molecule is CC(O)CCNS(=O)(=O)CC(C)c1ccccc1. The normalized spacial score (nSPS) is 15.3. The standard InChI is InChI=1S/C13H21NO3S/c1-11(13-6-4-3-5-7-13)10-18(16,17)14-9-8-12(2)15/h3-7,11-12,14-15H,8-10H2,1-2H3. The molecule has 0 aromatic heterocycles. The maximum atomic E-state index is 11.8. The van der Waals surface area contributed by atoms with Crippen molar-refractivity contribution in [1.29, 1.82) is 0 Å². The average molecular weight is 271 g/mol. The highest BCUT2D eigenvalue weighted by Crippen LogP contribution is 2.16. The van der Waals surface area contributed by atoms with Gasteiger partial charge in [0.2, 0.25) is 10.0 Å². The van der Waals surface area contributed by atoms with Crippen LogP contribution in [-0.4, -0.2) is 31.9 Å². The van der Waals surface area contributed by atoms with Crippen LogP contribution in [0.3, 0.4) is 0 Å². The van der Waals surface area contributed by atoms with Crippen molar-refractivity contribution in [3.05, 3.63) is 35.9 Å². The Bertz CT molecular complexity index is 443. The summed E-state index contributed by atoms with van der Waals surface area (Å²) in [4.78, 5) is 0. The van der Waals surface area contributed by atoms with Crippen molar-refractivity contribution < 1.29 is 13.5 Å². The van der Waals surface area contributed by atoms with Gasteiger partial charge in [-0.1, -0.05) is 37.3 Å². The number of hydrogen-bond acceptors (Lipinski definition) is 3. The molecule has 18 heavy (non-hydrogen) atoms. The first kappa shape index (κ1) is 15.1. The van der Waals surface area contributed by atoms with Crippen molar-refractivity contribution in [2.75, 3.05) is 12.3 Å². The fraction of sp³-hybridized carbons (Fsp3) is 0.538. The summed E-state index contributed by atoms with van der Waals surface area (Å²) in [5.41, 5.74) is 1.01. The molecule has 0 bridgehead atoms. The van der Waals surface area contributed by atoms with Crippen LogP contribution in [0.4, 0.5) is 0 Å². The molecule has 2 N–H and O–H groups in total. The minimum Gasteiger partial charge on any atom is -0.393 e. The molecule has 0 saturated carbocycles. The molecule has 0 aliphatic rings. The molecule has 0 aliphatic heterocycles. The number of aliphatic hydroxyl groups is 1. The molecule has 0 fully saturated rings. The zero-order chi connectivity index (χ0) is 13.6. The smallest absolute Gasteiger partial charge is 0.212 e. The number of benzene rings is 1. The minimum absolute atomic E-state index is 0.0461. The highest BCUT2D eigenvalue weighted by atomic mass is 32.2. The van der Waals surface area contributed by atoms with Gasteiger partial charge in [0.05, 0.1) is 11.9 Å². The third-order valence-corrected chi connectivity index (χ3v) is 4.30. The first-order valence-electron chi connectivity index (χ1n) is 6.11. The second kappa shape index (κ2) is 6.87. The average Bonchev–Trinajstić information content (AvgIpc) is 2.28. The van der Waals surface area contributed by atoms with Crippen LogP contribution in [0.25, 0.3) is 0 Å². The fourth-order valence-corrected chi connectivity index (χ4v) is 3.09. The highest BCUT2D eigenvalue weighted by molar-refractivity contribution is 7.89. The van der Waals surface area contributed by atoms with E-state index in [2.05, 4.69) is 4.72 Å². The topological polar surface area (TPSA) is 66.4 Å². The number of nitrogens with one attached hydrogen (secondary N) is 1. The Labute approximate surface area is 109 Å². The monoisotopic (exact) mass is 271 g/mol. The van der Waals surface area contributed by atoms with Crippen molar-refractivity contribution >= 4 is 10.0 Å². The Hall–Kier alpha value is -0.910. The van der Waals surface area contributed by atoms with E-state index in [0.717, 1.165) is 5.56 Å². The van der Waals surface area contributed by atoms with Gasteiger partial charge < -0.3 is 5.11 Å². The first-order valence-corrected chi connectivity index (χ1v) is 7.76. The largest absolute Gasteiger partial charge is 0.393 e. The quantitative estimate of drug-likeness (QED) is 0.789. The summed E-state index contributed by atoms with van der Waals surface area (Å²) in [5.74, 6) is 0.0202. The second-order valence-electron chi connectivity index (χ2n) is 4.63. The van der Waals surface area contributed by atoms with E-state index in [4.69, 9.17) is 5.11 Å². The molecule has 0 spiro atoms. The van der Waals surface area contributed by atoms with E-state index in [1.807, 2.05) is 37.3 Å². The summed E-state index contributed by atoms with van der Waals surface area (Å²) < 4.78 is 26.1. The molecule has 2 atom stereocenters. The van der Waals surface area contributed by atoms with E-state index in [1.165, 1.54) is 0 Å². The molecule has 1 aromatic rings. The van der Waals surface area contributed by atoms with Crippen LogP contribution in [-0.2, 0) is 10.0 Å². The molecular weight excluding hydrogens is 250 g/mol. The maximum absolute atomic E-state index is 11.8. The van der Waals surface area contributed by atoms with E-state index in [0.29, 0.717) is 6.42 Å². The summed E-state index contributed by atoms with van der Waals surface area (Å²) >= 11 is 0. The van der Waals surface area contributed by atoms with Gasteiger partial charge >= 0.3 is 0 Å². The van der Waals surface area contributed by atoms with E-state index in [9.17, 15) is 8.42 Å². The van der Waals surface area contributed by atoms with E-state index >= 15 is 0 Å². The molecular formula is C13H21NO3S. The Balaban J connectivity index is 2.50. The van der Waals surface area contributed by atoms with E-state index in [-0.39, 0.29) is 18.2 Å². The van der Waals surface area contributed by atoms with Crippen molar-refractivity contribution in [1.82, 2.24) is 4.72 Å². The number of hydrogen-bond donors (Lipinski definition) is 2. The summed E-state index contributed by atoms with van der Waals surface area (Å²) in [6.07, 6.45) is -0.0573. The van der Waals surface area contributed by atoms with Crippen LogP contribution in [0, 0.1) is 0 Å². The number of aliphatic hydroxyl groups excluding tert-OH is 1. The molecule has 102 valence electrons. The summed E-state index contributed by atoms with van der Waals surface area (Å²) in [7, 11) is -3.29. The van der Waals surface area contributed by atoms with Gasteiger partial charge in [-0.3, -0.25) is 0 Å². The lowest BCUT2D eigenvalue weighted by Crippen LogP contribution is -2.30. The van der Waals surface area contributed by atoms with Gasteiger partial charge in [-0.05, 0) is 24.8 Å². The van der Waals surface area contributed by atoms with Crippen LogP contribution in [0.5, 0.6) is 0 Å².